The number of H-pyrrole nitrogens is 1. The Hall–Kier alpha value is -2.77. The number of rotatable bonds is 4. The number of amides is 3. The maximum atomic E-state index is 13.0. The fraction of sp³-hybridized carbons (Fsp3) is 0.444. The van der Waals surface area contributed by atoms with Gasteiger partial charge in [-0.15, -0.1) is 0 Å². The highest BCUT2D eigenvalue weighted by Gasteiger charge is 2.42. The van der Waals surface area contributed by atoms with E-state index in [0.29, 0.717) is 17.2 Å². The first kappa shape index (κ1) is 16.7. The minimum absolute atomic E-state index is 0.0437. The minimum Gasteiger partial charge on any atom is -0.326 e. The first-order chi connectivity index (χ1) is 12.6. The Morgan fingerprint density at radius 3 is 2.58 bits per heavy atom. The van der Waals surface area contributed by atoms with Gasteiger partial charge in [0.1, 0.15) is 17.7 Å². The molecule has 0 bridgehead atoms. The Bertz CT molecular complexity index is 813. The molecule has 2 fully saturated rings. The van der Waals surface area contributed by atoms with Gasteiger partial charge in [0.15, 0.2) is 5.82 Å². The lowest BCUT2D eigenvalue weighted by molar-refractivity contribution is -0.129. The number of aromatic nitrogens is 3. The third kappa shape index (κ3) is 3.18. The van der Waals surface area contributed by atoms with Crippen LogP contribution in [-0.4, -0.2) is 38.1 Å². The quantitative estimate of drug-likeness (QED) is 0.823. The van der Waals surface area contributed by atoms with Gasteiger partial charge in [-0.25, -0.2) is 14.2 Å². The Morgan fingerprint density at radius 1 is 1.12 bits per heavy atom. The molecular weight excluding hydrogens is 337 g/mol. The largest absolute Gasteiger partial charge is 0.326 e. The predicted molar refractivity (Wildman–Crippen MR) is 91.2 cm³/mol. The minimum atomic E-state index is -0.428. The molecule has 4 rings (SSSR count). The summed E-state index contributed by atoms with van der Waals surface area (Å²) in [5.41, 5.74) is 0.659. The monoisotopic (exact) mass is 357 g/mol. The second-order valence-corrected chi connectivity index (χ2v) is 6.86. The molecule has 1 saturated heterocycles. The van der Waals surface area contributed by atoms with Gasteiger partial charge in [0, 0.05) is 5.56 Å². The van der Waals surface area contributed by atoms with E-state index in [4.69, 9.17) is 0 Å². The standard InChI is InChI=1S/C18H20FN5O2/c19-13-8-6-12(7-9-13)16-20-14(22-23-16)10-24-17(25)15(21-18(24)26)11-4-2-1-3-5-11/h6-9,11,15H,1-5,10H2,(H,21,26)(H,20,22,23). The average molecular weight is 357 g/mol. The van der Waals surface area contributed by atoms with Crippen LogP contribution in [0.1, 0.15) is 37.9 Å². The van der Waals surface area contributed by atoms with Crippen LogP contribution in [0.4, 0.5) is 9.18 Å². The van der Waals surface area contributed by atoms with Crippen molar-refractivity contribution >= 4 is 11.9 Å². The van der Waals surface area contributed by atoms with E-state index in [-0.39, 0.29) is 30.2 Å². The number of carbonyl (C=O) groups excluding carboxylic acids is 2. The SMILES string of the molecule is O=C1NC(C2CCCCC2)C(=O)N1Cc1nc(-c2ccc(F)cc2)n[nH]1. The topological polar surface area (TPSA) is 91.0 Å². The molecule has 2 N–H and O–H groups in total. The summed E-state index contributed by atoms with van der Waals surface area (Å²) in [7, 11) is 0. The summed E-state index contributed by atoms with van der Waals surface area (Å²) in [6.45, 7) is 0.0437. The zero-order valence-electron chi connectivity index (χ0n) is 14.2. The van der Waals surface area contributed by atoms with Gasteiger partial charge in [-0.1, -0.05) is 19.3 Å². The number of imide groups is 1. The fourth-order valence-electron chi connectivity index (χ4n) is 3.72. The molecule has 2 aliphatic rings. The zero-order chi connectivity index (χ0) is 18.1. The molecule has 26 heavy (non-hydrogen) atoms. The summed E-state index contributed by atoms with van der Waals surface area (Å²) in [5.74, 6) is 0.502. The highest BCUT2D eigenvalue weighted by molar-refractivity contribution is 6.04. The van der Waals surface area contributed by atoms with E-state index in [9.17, 15) is 14.0 Å². The van der Waals surface area contributed by atoms with Crippen molar-refractivity contribution in [2.45, 2.75) is 44.7 Å². The number of hydrogen-bond donors (Lipinski definition) is 2. The van der Waals surface area contributed by atoms with Gasteiger partial charge in [0.05, 0.1) is 6.54 Å². The van der Waals surface area contributed by atoms with Crippen LogP contribution in [0.25, 0.3) is 11.4 Å². The number of halogens is 1. The number of nitrogens with one attached hydrogen (secondary N) is 2. The molecular formula is C18H20FN5O2. The molecule has 2 heterocycles. The maximum absolute atomic E-state index is 13.0. The summed E-state index contributed by atoms with van der Waals surface area (Å²) < 4.78 is 13.0. The molecule has 1 saturated carbocycles. The van der Waals surface area contributed by atoms with Gasteiger partial charge in [0.2, 0.25) is 0 Å². The number of hydrogen-bond acceptors (Lipinski definition) is 4. The Balaban J connectivity index is 1.46. The van der Waals surface area contributed by atoms with E-state index in [0.717, 1.165) is 25.7 Å². The van der Waals surface area contributed by atoms with Crippen LogP contribution in [0.5, 0.6) is 0 Å². The highest BCUT2D eigenvalue weighted by atomic mass is 19.1. The first-order valence-electron chi connectivity index (χ1n) is 8.91. The fourth-order valence-corrected chi connectivity index (χ4v) is 3.72. The lowest BCUT2D eigenvalue weighted by Crippen LogP contribution is -2.38. The lowest BCUT2D eigenvalue weighted by Gasteiger charge is -2.25. The van der Waals surface area contributed by atoms with Crippen LogP contribution < -0.4 is 5.32 Å². The molecule has 3 amide bonds. The molecule has 1 aromatic heterocycles. The summed E-state index contributed by atoms with van der Waals surface area (Å²) in [6, 6.07) is 5.01. The second-order valence-electron chi connectivity index (χ2n) is 6.86. The third-order valence-corrected chi connectivity index (χ3v) is 5.12. The van der Waals surface area contributed by atoms with Gasteiger partial charge in [-0.2, -0.15) is 5.10 Å². The van der Waals surface area contributed by atoms with Crippen LogP contribution >= 0.6 is 0 Å². The second kappa shape index (κ2) is 6.86. The first-order valence-corrected chi connectivity index (χ1v) is 8.91. The van der Waals surface area contributed by atoms with E-state index in [2.05, 4.69) is 20.5 Å². The Kier molecular flexibility index (Phi) is 4.40. The van der Waals surface area contributed by atoms with Crippen molar-refractivity contribution in [3.05, 3.63) is 35.9 Å². The normalized spacial score (nSPS) is 21.3. The summed E-state index contributed by atoms with van der Waals surface area (Å²) in [5, 5.41) is 9.66. The van der Waals surface area contributed by atoms with Gasteiger partial charge in [-0.05, 0) is 43.0 Å². The van der Waals surface area contributed by atoms with Crippen molar-refractivity contribution in [3.8, 4) is 11.4 Å². The number of urea groups is 1. The highest BCUT2D eigenvalue weighted by Crippen LogP contribution is 2.29. The molecule has 8 heteroatoms. The number of carbonyl (C=O) groups is 2. The van der Waals surface area contributed by atoms with Crippen molar-refractivity contribution in [3.63, 3.8) is 0 Å². The molecule has 2 aromatic rings. The number of benzene rings is 1. The molecule has 7 nitrogen and oxygen atoms in total. The molecule has 1 aromatic carbocycles. The Labute approximate surface area is 150 Å². The molecule has 1 atom stereocenters. The van der Waals surface area contributed by atoms with Gasteiger partial charge >= 0.3 is 6.03 Å². The van der Waals surface area contributed by atoms with Crippen molar-refractivity contribution in [1.29, 1.82) is 0 Å². The van der Waals surface area contributed by atoms with E-state index < -0.39 is 6.04 Å². The van der Waals surface area contributed by atoms with Crippen LogP contribution in [0.2, 0.25) is 0 Å². The van der Waals surface area contributed by atoms with Crippen molar-refractivity contribution in [2.75, 3.05) is 0 Å². The van der Waals surface area contributed by atoms with E-state index in [1.165, 1.54) is 23.5 Å². The molecule has 0 spiro atoms. The average Bonchev–Trinajstić information content (AvgIpc) is 3.23. The van der Waals surface area contributed by atoms with E-state index >= 15 is 0 Å². The predicted octanol–water partition coefficient (Wildman–Crippen LogP) is 2.61. The van der Waals surface area contributed by atoms with E-state index in [1.54, 1.807) is 12.1 Å². The van der Waals surface area contributed by atoms with Crippen molar-refractivity contribution in [1.82, 2.24) is 25.4 Å². The van der Waals surface area contributed by atoms with Gasteiger partial charge < -0.3 is 5.32 Å². The van der Waals surface area contributed by atoms with Crippen LogP contribution in [0.3, 0.4) is 0 Å². The smallest absolute Gasteiger partial charge is 0.325 e. The number of nitrogens with zero attached hydrogens (tertiary/aromatic N) is 3. The molecule has 0 radical (unpaired) electrons. The van der Waals surface area contributed by atoms with Crippen LogP contribution in [0, 0.1) is 11.7 Å². The third-order valence-electron chi connectivity index (χ3n) is 5.12. The van der Waals surface area contributed by atoms with Crippen LogP contribution in [-0.2, 0) is 11.3 Å². The Morgan fingerprint density at radius 2 is 1.85 bits per heavy atom. The summed E-state index contributed by atoms with van der Waals surface area (Å²) >= 11 is 0. The zero-order valence-corrected chi connectivity index (χ0v) is 14.2. The molecule has 1 unspecified atom stereocenters. The summed E-state index contributed by atoms with van der Waals surface area (Å²) in [6.07, 6.45) is 5.35. The van der Waals surface area contributed by atoms with E-state index in [1.807, 2.05) is 0 Å². The maximum Gasteiger partial charge on any atom is 0.325 e. The number of aromatic amines is 1. The molecule has 1 aliphatic carbocycles. The van der Waals surface area contributed by atoms with Crippen LogP contribution in [0.15, 0.2) is 24.3 Å². The molecule has 136 valence electrons. The van der Waals surface area contributed by atoms with Crippen molar-refractivity contribution in [2.24, 2.45) is 5.92 Å². The lowest BCUT2D eigenvalue weighted by atomic mass is 9.84. The van der Waals surface area contributed by atoms with Gasteiger partial charge in [0.25, 0.3) is 5.91 Å². The molecule has 1 aliphatic heterocycles. The summed E-state index contributed by atoms with van der Waals surface area (Å²) in [4.78, 5) is 30.4. The van der Waals surface area contributed by atoms with Gasteiger partial charge in [-0.3, -0.25) is 14.8 Å². The van der Waals surface area contributed by atoms with Crippen molar-refractivity contribution < 1.29 is 14.0 Å².